The maximum Gasteiger partial charge on any atom is 0.297 e. The molecule has 44 heavy (non-hydrogen) atoms. The fraction of sp³-hybridized carbons (Fsp3) is 0. The molecule has 0 aliphatic heterocycles. The fourth-order valence-corrected chi connectivity index (χ4v) is 5.44. The van der Waals surface area contributed by atoms with Crippen molar-refractivity contribution in [2.45, 2.75) is 19.6 Å². The minimum atomic E-state index is -4.91. The van der Waals surface area contributed by atoms with Crippen LogP contribution in [0.15, 0.2) is 69.2 Å². The van der Waals surface area contributed by atoms with Crippen molar-refractivity contribution in [2.75, 3.05) is 0 Å². The first-order chi connectivity index (χ1) is 20.2. The highest BCUT2D eigenvalue weighted by molar-refractivity contribution is 7.86. The minimum absolute atomic E-state index is 0.551. The van der Waals surface area contributed by atoms with E-state index in [-0.39, 0.29) is 0 Å². The van der Waals surface area contributed by atoms with Gasteiger partial charge in [0.15, 0.2) is 11.5 Å². The molecule has 0 bridgehead atoms. The van der Waals surface area contributed by atoms with Gasteiger partial charge in [0, 0.05) is 0 Å². The lowest BCUT2D eigenvalue weighted by molar-refractivity contribution is 0.444. The van der Waals surface area contributed by atoms with Crippen LogP contribution in [0.25, 0.3) is 22.7 Å². The molecule has 22 nitrogen and oxygen atoms in total. The van der Waals surface area contributed by atoms with Gasteiger partial charge in [-0.05, 0) is 0 Å². The van der Waals surface area contributed by atoms with E-state index < -0.39 is 94.3 Å². The first kappa shape index (κ1) is 30.7. The van der Waals surface area contributed by atoms with E-state index in [1.54, 1.807) is 0 Å². The van der Waals surface area contributed by atoms with Crippen LogP contribution in [0.3, 0.4) is 0 Å². The van der Waals surface area contributed by atoms with Crippen LogP contribution in [0.2, 0.25) is 0 Å². The number of hydrogen-bond donors (Lipinski definition) is 6. The highest BCUT2D eigenvalue weighted by Crippen LogP contribution is 2.46. The molecule has 0 radical (unpaired) electrons. The summed E-state index contributed by atoms with van der Waals surface area (Å²) in [6, 6.07) is 0. The third-order valence-electron chi connectivity index (χ3n) is 5.69. The number of aromatic nitrogens is 8. The second-order valence-electron chi connectivity index (χ2n) is 8.47. The fourth-order valence-electron chi connectivity index (χ4n) is 3.79. The lowest BCUT2D eigenvalue weighted by Crippen LogP contribution is -2.13. The summed E-state index contributed by atoms with van der Waals surface area (Å²) < 4.78 is 134. The van der Waals surface area contributed by atoms with Crippen LogP contribution >= 0.6 is 0 Å². The van der Waals surface area contributed by atoms with Gasteiger partial charge in [-0.15, -0.1) is 0 Å². The lowest BCUT2D eigenvalue weighted by Gasteiger charge is -2.21. The molecule has 4 aromatic heterocycles. The molecule has 0 amide bonds. The molecule has 0 spiro atoms. The Bertz CT molecular complexity index is 2090. The number of phenolic OH excluding ortho intramolecular Hbond substituents is 2. The molecule has 26 heteroatoms. The molecule has 6 N–H and O–H groups in total. The molecule has 0 unspecified atom stereocenters. The van der Waals surface area contributed by atoms with Crippen molar-refractivity contribution >= 4 is 40.5 Å². The molecule has 0 saturated heterocycles. The summed E-state index contributed by atoms with van der Waals surface area (Å²) in [5.41, 5.74) is -3.03. The highest BCUT2D eigenvalue weighted by atomic mass is 32.2. The summed E-state index contributed by atoms with van der Waals surface area (Å²) in [4.78, 5) is -3.37. The van der Waals surface area contributed by atoms with E-state index in [9.17, 15) is 62.1 Å². The summed E-state index contributed by atoms with van der Waals surface area (Å²) in [6.07, 6.45) is 4.92. The van der Waals surface area contributed by atoms with E-state index in [4.69, 9.17) is 0 Å². The lowest BCUT2D eigenvalue weighted by atomic mass is 10.1. The van der Waals surface area contributed by atoms with Gasteiger partial charge in [-0.2, -0.15) is 54.1 Å². The van der Waals surface area contributed by atoms with Gasteiger partial charge in [-0.25, -0.2) is 18.7 Å². The standard InChI is InChI=1S/C18H14N8O14S4/c27-17-13(23-5-9(1-19-23)41(29,30)31)14(24-6-10(2-20-24)42(32,33)34)18(28)16(26-8-12(4-22-26)44(38,39)40)15(17)25-7-11(3-21-25)43(35,36)37/h1-8,27-28H,(H,29,30,31)(H,32,33,34)(H,35,36,37)(H,38,39,40). The first-order valence-corrected chi connectivity index (χ1v) is 16.7. The Labute approximate surface area is 244 Å². The number of hydrogen-bond acceptors (Lipinski definition) is 14. The van der Waals surface area contributed by atoms with Gasteiger partial charge in [0.25, 0.3) is 40.5 Å². The topological polar surface area (TPSA) is 329 Å². The Balaban J connectivity index is 1.97. The average molecular weight is 695 g/mol. The maximum absolute atomic E-state index is 11.7. The van der Waals surface area contributed by atoms with E-state index in [0.29, 0.717) is 68.3 Å². The Morgan fingerprint density at radius 2 is 0.591 bits per heavy atom. The van der Waals surface area contributed by atoms with Crippen molar-refractivity contribution in [1.82, 2.24) is 39.1 Å². The zero-order chi connectivity index (χ0) is 32.6. The van der Waals surface area contributed by atoms with Crippen molar-refractivity contribution in [3.05, 3.63) is 49.6 Å². The van der Waals surface area contributed by atoms with Crippen molar-refractivity contribution in [3.8, 4) is 34.2 Å². The summed E-state index contributed by atoms with van der Waals surface area (Å²) in [6.45, 7) is 0. The molecule has 234 valence electrons. The van der Waals surface area contributed by atoms with Crippen LogP contribution < -0.4 is 0 Å². The molecule has 4 heterocycles. The minimum Gasteiger partial charge on any atom is -0.504 e. The first-order valence-electron chi connectivity index (χ1n) is 10.9. The van der Waals surface area contributed by atoms with Gasteiger partial charge >= 0.3 is 0 Å². The number of rotatable bonds is 8. The van der Waals surface area contributed by atoms with Crippen LogP contribution in [0, 0.1) is 0 Å². The monoisotopic (exact) mass is 694 g/mol. The average Bonchev–Trinajstić information content (AvgIpc) is 3.69. The molecule has 0 saturated carbocycles. The van der Waals surface area contributed by atoms with E-state index in [0.717, 1.165) is 0 Å². The van der Waals surface area contributed by atoms with Gasteiger partial charge in [-0.1, -0.05) is 0 Å². The van der Waals surface area contributed by atoms with E-state index in [1.807, 2.05) is 0 Å². The van der Waals surface area contributed by atoms with Gasteiger partial charge < -0.3 is 10.2 Å². The molecular weight excluding hydrogens is 681 g/mol. The second kappa shape index (κ2) is 9.92. The van der Waals surface area contributed by atoms with E-state index in [2.05, 4.69) is 20.4 Å². The van der Waals surface area contributed by atoms with Crippen LogP contribution in [-0.2, 0) is 40.5 Å². The predicted octanol–water partition coefficient (Wildman–Crippen LogP) is -1.17. The quantitative estimate of drug-likeness (QED) is 0.0822. The second-order valence-corrected chi connectivity index (χ2v) is 14.2. The SMILES string of the molecule is O=S(=O)(O)c1cnn(-c2c(O)c(-n3cc(S(=O)(=O)O)cn3)c(-n3cc(S(=O)(=O)O)cn3)c(O)c2-n2cc(S(=O)(=O)O)cn2)c1. The summed E-state index contributed by atoms with van der Waals surface area (Å²) in [5, 5.41) is 38.0. The van der Waals surface area contributed by atoms with Gasteiger partial charge in [0.1, 0.15) is 42.3 Å². The van der Waals surface area contributed by atoms with E-state index >= 15 is 0 Å². The molecule has 0 aliphatic carbocycles. The van der Waals surface area contributed by atoms with Crippen molar-refractivity contribution < 1.29 is 62.1 Å². The van der Waals surface area contributed by atoms with Crippen LogP contribution in [0.5, 0.6) is 11.5 Å². The van der Waals surface area contributed by atoms with E-state index in [1.165, 1.54) is 0 Å². The zero-order valence-electron chi connectivity index (χ0n) is 20.8. The Hall–Kier alpha value is -4.70. The molecular formula is C18H14N8O14S4. The smallest absolute Gasteiger partial charge is 0.297 e. The Kier molecular flexibility index (Phi) is 6.93. The predicted molar refractivity (Wildman–Crippen MR) is 138 cm³/mol. The highest BCUT2D eigenvalue weighted by Gasteiger charge is 2.32. The van der Waals surface area contributed by atoms with Crippen LogP contribution in [0.4, 0.5) is 0 Å². The van der Waals surface area contributed by atoms with Crippen molar-refractivity contribution in [3.63, 3.8) is 0 Å². The van der Waals surface area contributed by atoms with Crippen molar-refractivity contribution in [2.24, 2.45) is 0 Å². The maximum atomic E-state index is 11.7. The number of benzene rings is 1. The Morgan fingerprint density at radius 3 is 0.727 bits per heavy atom. The van der Waals surface area contributed by atoms with Crippen LogP contribution in [0.1, 0.15) is 0 Å². The van der Waals surface area contributed by atoms with Crippen molar-refractivity contribution in [1.29, 1.82) is 0 Å². The largest absolute Gasteiger partial charge is 0.504 e. The molecule has 0 fully saturated rings. The van der Waals surface area contributed by atoms with Gasteiger partial charge in [0.2, 0.25) is 0 Å². The van der Waals surface area contributed by atoms with Gasteiger partial charge in [-0.3, -0.25) is 18.2 Å². The summed E-state index contributed by atoms with van der Waals surface area (Å²) in [5.74, 6) is -2.20. The van der Waals surface area contributed by atoms with Crippen LogP contribution in [-0.4, -0.2) is 101 Å². The molecule has 0 atom stereocenters. The molecule has 5 aromatic rings. The summed E-state index contributed by atoms with van der Waals surface area (Å²) in [7, 11) is -19.6. The van der Waals surface area contributed by atoms with Gasteiger partial charge in [0.05, 0.1) is 49.6 Å². The third-order valence-corrected chi connectivity index (χ3v) is 8.92. The Morgan fingerprint density at radius 1 is 0.409 bits per heavy atom. The zero-order valence-corrected chi connectivity index (χ0v) is 24.0. The third kappa shape index (κ3) is 5.41. The number of phenols is 2. The molecule has 0 aliphatic rings. The molecule has 5 rings (SSSR count). The number of aromatic hydroxyl groups is 2. The normalized spacial score (nSPS) is 13.0. The summed E-state index contributed by atoms with van der Waals surface area (Å²) >= 11 is 0. The number of nitrogens with zero attached hydrogens (tertiary/aromatic N) is 8. The molecule has 1 aromatic carbocycles.